The zero-order chi connectivity index (χ0) is 14.1. The van der Waals surface area contributed by atoms with Gasteiger partial charge in [-0.3, -0.25) is 0 Å². The zero-order valence-electron chi connectivity index (χ0n) is 11.5. The number of hydrogen-bond donors (Lipinski definition) is 1. The summed E-state index contributed by atoms with van der Waals surface area (Å²) >= 11 is 9.34. The van der Waals surface area contributed by atoms with Crippen LogP contribution in [0.5, 0.6) is 0 Å². The van der Waals surface area contributed by atoms with Crippen LogP contribution in [0.2, 0.25) is 5.02 Å². The molecular formula is C16H20BrClFN. The number of hydrogen-bond acceptors (Lipinski definition) is 1. The smallest absolute Gasteiger partial charge is 0.146 e. The van der Waals surface area contributed by atoms with Gasteiger partial charge < -0.3 is 5.32 Å². The van der Waals surface area contributed by atoms with E-state index in [0.29, 0.717) is 16.3 Å². The predicted molar refractivity (Wildman–Crippen MR) is 84.8 cm³/mol. The molecule has 20 heavy (non-hydrogen) atoms. The van der Waals surface area contributed by atoms with Gasteiger partial charge in [0.2, 0.25) is 0 Å². The van der Waals surface area contributed by atoms with Gasteiger partial charge >= 0.3 is 0 Å². The van der Waals surface area contributed by atoms with Crippen LogP contribution in [0, 0.1) is 11.7 Å². The third kappa shape index (κ3) is 3.20. The Kier molecular flexibility index (Phi) is 4.68. The molecule has 0 amide bonds. The summed E-state index contributed by atoms with van der Waals surface area (Å²) in [6.07, 6.45) is 7.33. The number of benzene rings is 1. The Labute approximate surface area is 133 Å². The number of nitrogens with one attached hydrogen (secondary N) is 1. The lowest BCUT2D eigenvalue weighted by molar-refractivity contribution is 0.289. The van der Waals surface area contributed by atoms with E-state index in [2.05, 4.69) is 21.2 Å². The lowest BCUT2D eigenvalue weighted by atomic mass is 9.75. The minimum absolute atomic E-state index is 0.224. The fraction of sp³-hybridized carbons (Fsp3) is 0.625. The monoisotopic (exact) mass is 359 g/mol. The molecule has 2 unspecified atom stereocenters. The maximum atomic E-state index is 14.4. The van der Waals surface area contributed by atoms with Gasteiger partial charge in [-0.2, -0.15) is 0 Å². The lowest BCUT2D eigenvalue weighted by Gasteiger charge is -2.32. The van der Waals surface area contributed by atoms with E-state index in [1.807, 2.05) is 12.1 Å². The first-order chi connectivity index (χ1) is 9.66. The van der Waals surface area contributed by atoms with Crippen molar-refractivity contribution in [3.8, 4) is 0 Å². The molecule has 1 aromatic carbocycles. The van der Waals surface area contributed by atoms with E-state index >= 15 is 0 Å². The molecule has 0 heterocycles. The molecule has 0 radical (unpaired) electrons. The molecule has 0 aliphatic heterocycles. The molecule has 4 heteroatoms. The van der Waals surface area contributed by atoms with E-state index in [9.17, 15) is 4.39 Å². The van der Waals surface area contributed by atoms with Crippen LogP contribution in [-0.2, 0) is 0 Å². The van der Waals surface area contributed by atoms with Crippen LogP contribution in [0.1, 0.15) is 50.0 Å². The third-order valence-corrected chi connectivity index (χ3v) is 5.88. The van der Waals surface area contributed by atoms with Gasteiger partial charge in [-0.1, -0.05) is 30.5 Å². The lowest BCUT2D eigenvalue weighted by Crippen LogP contribution is -2.31. The average Bonchev–Trinajstić information content (AvgIpc) is 3.28. The summed E-state index contributed by atoms with van der Waals surface area (Å²) in [6.45, 7) is 1.02. The molecule has 2 saturated carbocycles. The van der Waals surface area contributed by atoms with Gasteiger partial charge in [-0.25, -0.2) is 4.39 Å². The predicted octanol–water partition coefficient (Wildman–Crippen LogP) is 5.27. The highest BCUT2D eigenvalue weighted by Crippen LogP contribution is 2.41. The fourth-order valence-corrected chi connectivity index (χ4v) is 3.77. The SMILES string of the molecule is Fc1c(C2CCCCC2CNC2CC2)ccc(Br)c1Cl. The molecule has 0 saturated heterocycles. The highest BCUT2D eigenvalue weighted by atomic mass is 79.9. The highest BCUT2D eigenvalue weighted by molar-refractivity contribution is 9.10. The second-order valence-corrected chi connectivity index (χ2v) is 7.33. The van der Waals surface area contributed by atoms with Gasteiger partial charge in [-0.05, 0) is 71.6 Å². The molecule has 1 aromatic rings. The molecule has 0 bridgehead atoms. The van der Waals surface area contributed by atoms with E-state index in [1.165, 1.54) is 32.1 Å². The molecule has 2 fully saturated rings. The van der Waals surface area contributed by atoms with Gasteiger partial charge in [0.15, 0.2) is 0 Å². The first-order valence-corrected chi connectivity index (χ1v) is 8.70. The molecule has 1 nitrogen and oxygen atoms in total. The molecule has 2 aliphatic rings. The summed E-state index contributed by atoms with van der Waals surface area (Å²) in [7, 11) is 0. The largest absolute Gasteiger partial charge is 0.314 e. The topological polar surface area (TPSA) is 12.0 Å². The second kappa shape index (κ2) is 6.33. The van der Waals surface area contributed by atoms with E-state index < -0.39 is 0 Å². The van der Waals surface area contributed by atoms with Crippen molar-refractivity contribution in [3.63, 3.8) is 0 Å². The van der Waals surface area contributed by atoms with Crippen molar-refractivity contribution in [1.29, 1.82) is 0 Å². The highest BCUT2D eigenvalue weighted by Gasteiger charge is 2.31. The maximum absolute atomic E-state index is 14.4. The minimum atomic E-state index is -0.232. The van der Waals surface area contributed by atoms with Crippen LogP contribution in [0.4, 0.5) is 4.39 Å². The van der Waals surface area contributed by atoms with Crippen LogP contribution >= 0.6 is 27.5 Å². The number of halogens is 3. The summed E-state index contributed by atoms with van der Waals surface area (Å²) in [5.41, 5.74) is 0.806. The second-order valence-electron chi connectivity index (χ2n) is 6.10. The Bertz CT molecular complexity index is 490. The first-order valence-electron chi connectivity index (χ1n) is 7.53. The summed E-state index contributed by atoms with van der Waals surface area (Å²) in [5, 5.41) is 3.83. The van der Waals surface area contributed by atoms with Crippen LogP contribution in [-0.4, -0.2) is 12.6 Å². The Morgan fingerprint density at radius 2 is 1.95 bits per heavy atom. The Morgan fingerprint density at radius 3 is 2.70 bits per heavy atom. The third-order valence-electron chi connectivity index (χ3n) is 4.62. The molecule has 0 spiro atoms. The summed E-state index contributed by atoms with van der Waals surface area (Å²) in [6, 6.07) is 4.50. The summed E-state index contributed by atoms with van der Waals surface area (Å²) in [4.78, 5) is 0. The summed E-state index contributed by atoms with van der Waals surface area (Å²) < 4.78 is 15.1. The Hall–Kier alpha value is -0.120. The van der Waals surface area contributed by atoms with Crippen molar-refractivity contribution in [2.24, 2.45) is 5.92 Å². The van der Waals surface area contributed by atoms with Crippen molar-refractivity contribution in [1.82, 2.24) is 5.32 Å². The van der Waals surface area contributed by atoms with E-state index in [1.54, 1.807) is 0 Å². The normalized spacial score (nSPS) is 26.8. The van der Waals surface area contributed by atoms with E-state index in [0.717, 1.165) is 24.6 Å². The van der Waals surface area contributed by atoms with Crippen molar-refractivity contribution in [2.45, 2.75) is 50.5 Å². The zero-order valence-corrected chi connectivity index (χ0v) is 13.8. The standard InChI is InChI=1S/C16H20BrClFN/c17-14-8-7-13(16(19)15(14)18)12-4-2-1-3-10(12)9-20-11-5-6-11/h7-8,10-12,20H,1-6,9H2. The Balaban J connectivity index is 1.79. The van der Waals surface area contributed by atoms with Crippen molar-refractivity contribution in [3.05, 3.63) is 33.0 Å². The van der Waals surface area contributed by atoms with Crippen LogP contribution in [0.15, 0.2) is 16.6 Å². The summed E-state index contributed by atoms with van der Waals surface area (Å²) in [5.74, 6) is 0.612. The minimum Gasteiger partial charge on any atom is -0.314 e. The molecule has 3 rings (SSSR count). The molecule has 0 aromatic heterocycles. The molecule has 110 valence electrons. The fourth-order valence-electron chi connectivity index (χ4n) is 3.29. The van der Waals surface area contributed by atoms with E-state index in [-0.39, 0.29) is 10.8 Å². The number of rotatable bonds is 4. The quantitative estimate of drug-likeness (QED) is 0.721. The van der Waals surface area contributed by atoms with Crippen molar-refractivity contribution in [2.75, 3.05) is 6.54 Å². The van der Waals surface area contributed by atoms with Crippen molar-refractivity contribution < 1.29 is 4.39 Å². The van der Waals surface area contributed by atoms with Gasteiger partial charge in [0.25, 0.3) is 0 Å². The maximum Gasteiger partial charge on any atom is 0.146 e. The molecule has 1 N–H and O–H groups in total. The molecular weight excluding hydrogens is 341 g/mol. The molecule has 2 atom stereocenters. The van der Waals surface area contributed by atoms with Crippen LogP contribution < -0.4 is 5.32 Å². The van der Waals surface area contributed by atoms with Gasteiger partial charge in [-0.15, -0.1) is 0 Å². The van der Waals surface area contributed by atoms with Crippen molar-refractivity contribution >= 4 is 27.5 Å². The van der Waals surface area contributed by atoms with Gasteiger partial charge in [0.05, 0.1) is 5.02 Å². The van der Waals surface area contributed by atoms with Gasteiger partial charge in [0.1, 0.15) is 5.82 Å². The van der Waals surface area contributed by atoms with Gasteiger partial charge in [0, 0.05) is 10.5 Å². The average molecular weight is 361 g/mol. The van der Waals surface area contributed by atoms with Crippen LogP contribution in [0.25, 0.3) is 0 Å². The van der Waals surface area contributed by atoms with E-state index in [4.69, 9.17) is 11.6 Å². The first kappa shape index (κ1) is 14.8. The Morgan fingerprint density at radius 1 is 1.20 bits per heavy atom. The van der Waals surface area contributed by atoms with Crippen LogP contribution in [0.3, 0.4) is 0 Å². The molecule has 2 aliphatic carbocycles.